The fourth-order valence-electron chi connectivity index (χ4n) is 3.57. The number of morpholine rings is 1. The SMILES string of the molecule is CC(=O)Nc1ccc(C)c(S(=O)(=O)Nc2c(C(=O)N3CCOCC3)oc3ccccc23)c1. The Kier molecular flexibility index (Phi) is 5.90. The third-order valence-corrected chi connectivity index (χ3v) is 6.61. The zero-order chi connectivity index (χ0) is 22.9. The number of hydrogen-bond donors (Lipinski definition) is 2. The summed E-state index contributed by atoms with van der Waals surface area (Å²) >= 11 is 0. The molecule has 4 rings (SSSR count). The second-order valence-electron chi connectivity index (χ2n) is 7.47. The van der Waals surface area contributed by atoms with Gasteiger partial charge in [0, 0.05) is 31.1 Å². The molecule has 2 N–H and O–H groups in total. The highest BCUT2D eigenvalue weighted by molar-refractivity contribution is 7.92. The predicted octanol–water partition coefficient (Wildman–Crippen LogP) is 2.97. The van der Waals surface area contributed by atoms with Crippen molar-refractivity contribution in [1.29, 1.82) is 0 Å². The highest BCUT2D eigenvalue weighted by Gasteiger charge is 2.29. The van der Waals surface area contributed by atoms with Crippen molar-refractivity contribution in [2.45, 2.75) is 18.7 Å². The van der Waals surface area contributed by atoms with Crippen LogP contribution in [0.25, 0.3) is 11.0 Å². The van der Waals surface area contributed by atoms with Gasteiger partial charge in [-0.25, -0.2) is 8.42 Å². The maximum Gasteiger partial charge on any atom is 0.291 e. The van der Waals surface area contributed by atoms with Gasteiger partial charge in [0.25, 0.3) is 15.9 Å². The molecule has 168 valence electrons. The molecule has 1 saturated heterocycles. The van der Waals surface area contributed by atoms with E-state index in [-0.39, 0.29) is 22.3 Å². The third kappa shape index (κ3) is 4.32. The van der Waals surface area contributed by atoms with Crippen LogP contribution in [0.15, 0.2) is 51.8 Å². The van der Waals surface area contributed by atoms with Crippen LogP contribution in [0.3, 0.4) is 0 Å². The fourth-order valence-corrected chi connectivity index (χ4v) is 4.92. The van der Waals surface area contributed by atoms with Crippen molar-refractivity contribution >= 4 is 44.2 Å². The Hall–Kier alpha value is -3.37. The quantitative estimate of drug-likeness (QED) is 0.608. The number of rotatable bonds is 5. The molecule has 0 aliphatic carbocycles. The number of aryl methyl sites for hydroxylation is 1. The maximum absolute atomic E-state index is 13.3. The van der Waals surface area contributed by atoms with E-state index >= 15 is 0 Å². The van der Waals surface area contributed by atoms with Crippen LogP contribution >= 0.6 is 0 Å². The van der Waals surface area contributed by atoms with Gasteiger partial charge in [0.15, 0.2) is 0 Å². The largest absolute Gasteiger partial charge is 0.449 e. The number of anilines is 2. The Morgan fingerprint density at radius 2 is 1.78 bits per heavy atom. The van der Waals surface area contributed by atoms with E-state index in [9.17, 15) is 18.0 Å². The Morgan fingerprint density at radius 1 is 1.06 bits per heavy atom. The van der Waals surface area contributed by atoms with Crippen LogP contribution in [-0.2, 0) is 19.6 Å². The van der Waals surface area contributed by atoms with Crippen molar-refractivity contribution in [3.8, 4) is 0 Å². The number of amides is 2. The van der Waals surface area contributed by atoms with E-state index in [2.05, 4.69) is 10.0 Å². The second-order valence-corrected chi connectivity index (χ2v) is 9.12. The van der Waals surface area contributed by atoms with Gasteiger partial charge in [-0.3, -0.25) is 14.3 Å². The van der Waals surface area contributed by atoms with E-state index in [0.29, 0.717) is 48.5 Å². The Bertz CT molecular complexity index is 1290. The summed E-state index contributed by atoms with van der Waals surface area (Å²) in [6, 6.07) is 11.4. The number of fused-ring (bicyclic) bond motifs is 1. The van der Waals surface area contributed by atoms with Crippen molar-refractivity contribution in [2.24, 2.45) is 0 Å². The molecule has 0 saturated carbocycles. The van der Waals surface area contributed by atoms with Gasteiger partial charge in [0.2, 0.25) is 11.7 Å². The van der Waals surface area contributed by atoms with E-state index in [4.69, 9.17) is 9.15 Å². The molecule has 0 radical (unpaired) electrons. The number of sulfonamides is 1. The number of para-hydroxylation sites is 1. The smallest absolute Gasteiger partial charge is 0.291 e. The number of hydrogen-bond acceptors (Lipinski definition) is 6. The summed E-state index contributed by atoms with van der Waals surface area (Å²) in [6.45, 7) is 4.58. The molecule has 0 spiro atoms. The van der Waals surface area contributed by atoms with Crippen LogP contribution < -0.4 is 10.0 Å². The molecule has 10 heteroatoms. The zero-order valence-corrected chi connectivity index (χ0v) is 18.5. The first-order valence-corrected chi connectivity index (χ1v) is 11.5. The molecule has 0 atom stereocenters. The molecule has 1 aliphatic heterocycles. The summed E-state index contributed by atoms with van der Waals surface area (Å²) in [5.74, 6) is -0.803. The van der Waals surface area contributed by atoms with Crippen LogP contribution in [0.2, 0.25) is 0 Å². The van der Waals surface area contributed by atoms with Gasteiger partial charge in [-0.05, 0) is 36.8 Å². The lowest BCUT2D eigenvalue weighted by atomic mass is 10.2. The molecule has 1 aromatic heterocycles. The first-order valence-electron chi connectivity index (χ1n) is 10.1. The molecule has 1 aliphatic rings. The van der Waals surface area contributed by atoms with Crippen molar-refractivity contribution < 1.29 is 27.2 Å². The van der Waals surface area contributed by atoms with Crippen molar-refractivity contribution in [3.63, 3.8) is 0 Å². The second kappa shape index (κ2) is 8.64. The number of benzene rings is 2. The Morgan fingerprint density at radius 3 is 2.50 bits per heavy atom. The zero-order valence-electron chi connectivity index (χ0n) is 17.7. The van der Waals surface area contributed by atoms with Gasteiger partial charge >= 0.3 is 0 Å². The van der Waals surface area contributed by atoms with Gasteiger partial charge in [-0.15, -0.1) is 0 Å². The molecule has 2 amide bonds. The van der Waals surface area contributed by atoms with Gasteiger partial charge in [-0.1, -0.05) is 18.2 Å². The third-order valence-electron chi connectivity index (χ3n) is 5.12. The minimum absolute atomic E-state index is 0.0150. The molecule has 0 bridgehead atoms. The molecule has 0 unspecified atom stereocenters. The molecular weight excluding hydrogens is 434 g/mol. The van der Waals surface area contributed by atoms with Crippen LogP contribution in [0.5, 0.6) is 0 Å². The van der Waals surface area contributed by atoms with Gasteiger partial charge in [0.1, 0.15) is 11.3 Å². The number of nitrogens with zero attached hydrogens (tertiary/aromatic N) is 1. The summed E-state index contributed by atoms with van der Waals surface area (Å²) in [5, 5.41) is 3.06. The fraction of sp³-hybridized carbons (Fsp3) is 0.273. The summed E-state index contributed by atoms with van der Waals surface area (Å²) in [6.07, 6.45) is 0. The number of carbonyl (C=O) groups excluding carboxylic acids is 2. The van der Waals surface area contributed by atoms with Crippen LogP contribution in [0.1, 0.15) is 23.0 Å². The normalized spacial score (nSPS) is 14.4. The molecule has 2 aromatic carbocycles. The summed E-state index contributed by atoms with van der Waals surface area (Å²) in [7, 11) is -4.11. The molecule has 32 heavy (non-hydrogen) atoms. The number of ether oxygens (including phenoxy) is 1. The van der Waals surface area contributed by atoms with Crippen molar-refractivity contribution in [3.05, 3.63) is 53.8 Å². The van der Waals surface area contributed by atoms with E-state index < -0.39 is 15.9 Å². The minimum atomic E-state index is -4.11. The monoisotopic (exact) mass is 457 g/mol. The lowest BCUT2D eigenvalue weighted by molar-refractivity contribution is -0.114. The summed E-state index contributed by atoms with van der Waals surface area (Å²) in [5.41, 5.74) is 1.32. The molecule has 1 fully saturated rings. The van der Waals surface area contributed by atoms with E-state index in [1.807, 2.05) is 0 Å². The highest BCUT2D eigenvalue weighted by Crippen LogP contribution is 2.34. The number of nitrogens with one attached hydrogen (secondary N) is 2. The first-order chi connectivity index (χ1) is 15.3. The van der Waals surface area contributed by atoms with Gasteiger partial charge in [0.05, 0.1) is 18.1 Å². The Balaban J connectivity index is 1.77. The van der Waals surface area contributed by atoms with Gasteiger partial charge < -0.3 is 19.4 Å². The number of furan rings is 1. The standard InChI is InChI=1S/C22H23N3O6S/c1-14-7-8-16(23-15(2)26)13-19(14)32(28,29)24-20-17-5-3-4-6-18(17)31-21(20)22(27)25-9-11-30-12-10-25/h3-8,13,24H,9-12H2,1-2H3,(H,23,26). The predicted molar refractivity (Wildman–Crippen MR) is 119 cm³/mol. The van der Waals surface area contributed by atoms with E-state index in [1.54, 1.807) is 48.2 Å². The molecular formula is C22H23N3O6S. The first kappa shape index (κ1) is 21.8. The topological polar surface area (TPSA) is 118 Å². The lowest BCUT2D eigenvalue weighted by Gasteiger charge is -2.26. The molecule has 2 heterocycles. The van der Waals surface area contributed by atoms with Crippen LogP contribution in [-0.4, -0.2) is 51.4 Å². The van der Waals surface area contributed by atoms with Crippen LogP contribution in [0, 0.1) is 6.92 Å². The summed E-state index contributed by atoms with van der Waals surface area (Å²) in [4.78, 5) is 26.1. The minimum Gasteiger partial charge on any atom is -0.449 e. The maximum atomic E-state index is 13.3. The molecule has 9 nitrogen and oxygen atoms in total. The van der Waals surface area contributed by atoms with Crippen LogP contribution in [0.4, 0.5) is 11.4 Å². The highest BCUT2D eigenvalue weighted by atomic mass is 32.2. The average Bonchev–Trinajstić information content (AvgIpc) is 3.12. The number of carbonyl (C=O) groups is 2. The van der Waals surface area contributed by atoms with Crippen molar-refractivity contribution in [2.75, 3.05) is 36.3 Å². The lowest BCUT2D eigenvalue weighted by Crippen LogP contribution is -2.40. The van der Waals surface area contributed by atoms with Crippen molar-refractivity contribution in [1.82, 2.24) is 4.90 Å². The molecule has 3 aromatic rings. The average molecular weight is 458 g/mol. The van der Waals surface area contributed by atoms with E-state index in [1.165, 1.54) is 13.0 Å². The van der Waals surface area contributed by atoms with E-state index in [0.717, 1.165) is 0 Å². The van der Waals surface area contributed by atoms with Gasteiger partial charge in [-0.2, -0.15) is 0 Å². The summed E-state index contributed by atoms with van der Waals surface area (Å²) < 4.78 is 40.3. The Labute approximate surface area is 185 Å².